The highest BCUT2D eigenvalue weighted by Crippen LogP contribution is 2.39. The number of fused-ring (bicyclic) bond motifs is 2. The third kappa shape index (κ3) is 3.91. The fraction of sp³-hybridized carbons (Fsp3) is 0.348. The summed E-state index contributed by atoms with van der Waals surface area (Å²) in [6, 6.07) is 9.06. The molecule has 33 heavy (non-hydrogen) atoms. The molecule has 0 amide bonds. The molecule has 0 N–H and O–H groups in total. The molecular formula is C23H23N5O4S. The minimum atomic E-state index is -0.370. The molecule has 0 unspecified atom stereocenters. The molecule has 3 aromatic rings. The molecule has 9 nitrogen and oxygen atoms in total. The monoisotopic (exact) mass is 465 g/mol. The molecule has 5 rings (SSSR count). The van der Waals surface area contributed by atoms with Gasteiger partial charge in [0.15, 0.2) is 11.5 Å². The van der Waals surface area contributed by atoms with Crippen molar-refractivity contribution in [2.24, 2.45) is 5.10 Å². The first-order chi connectivity index (χ1) is 15.9. The quantitative estimate of drug-likeness (QED) is 0.399. The molecule has 1 aromatic heterocycles. The van der Waals surface area contributed by atoms with Crippen molar-refractivity contribution in [1.29, 1.82) is 0 Å². The van der Waals surface area contributed by atoms with Gasteiger partial charge in [0.2, 0.25) is 11.9 Å². The first-order valence-corrected chi connectivity index (χ1v) is 11.6. The van der Waals surface area contributed by atoms with Crippen LogP contribution in [0.25, 0.3) is 0 Å². The molecule has 10 heteroatoms. The fourth-order valence-corrected chi connectivity index (χ4v) is 5.14. The maximum Gasteiger partial charge on any atom is 0.272 e. The van der Waals surface area contributed by atoms with Crippen LogP contribution in [0.5, 0.6) is 11.5 Å². The number of benzene rings is 2. The maximum atomic E-state index is 11.3. The lowest BCUT2D eigenvalue weighted by Crippen LogP contribution is -2.29. The molecule has 2 aliphatic heterocycles. The summed E-state index contributed by atoms with van der Waals surface area (Å²) in [5.41, 5.74) is 4.14. The summed E-state index contributed by atoms with van der Waals surface area (Å²) in [7, 11) is 0. The zero-order valence-corrected chi connectivity index (χ0v) is 19.4. The number of hydrogen-bond donors (Lipinski definition) is 0. The zero-order valence-electron chi connectivity index (χ0n) is 18.6. The van der Waals surface area contributed by atoms with Crippen molar-refractivity contribution < 1.29 is 14.4 Å². The Bertz CT molecular complexity index is 1270. The summed E-state index contributed by atoms with van der Waals surface area (Å²) in [5.74, 6) is 1.39. The molecule has 0 spiro atoms. The van der Waals surface area contributed by atoms with E-state index in [1.165, 1.54) is 6.07 Å². The van der Waals surface area contributed by atoms with E-state index in [2.05, 4.69) is 24.0 Å². The molecule has 2 aromatic carbocycles. The number of aromatic nitrogens is 2. The van der Waals surface area contributed by atoms with Gasteiger partial charge in [-0.05, 0) is 56.5 Å². The number of nitrogens with zero attached hydrogens (tertiary/aromatic N) is 5. The van der Waals surface area contributed by atoms with Crippen LogP contribution in [-0.2, 0) is 12.8 Å². The van der Waals surface area contributed by atoms with E-state index >= 15 is 0 Å². The Balaban J connectivity index is 1.67. The summed E-state index contributed by atoms with van der Waals surface area (Å²) in [4.78, 5) is 11.0. The molecule has 1 atom stereocenters. The van der Waals surface area contributed by atoms with E-state index in [-0.39, 0.29) is 23.4 Å². The lowest BCUT2D eigenvalue weighted by Gasteiger charge is -2.21. The molecule has 0 fully saturated rings. The number of rotatable bonds is 5. The van der Waals surface area contributed by atoms with Crippen LogP contribution in [0.3, 0.4) is 0 Å². The van der Waals surface area contributed by atoms with Gasteiger partial charge in [0.1, 0.15) is 5.01 Å². The van der Waals surface area contributed by atoms with E-state index in [9.17, 15) is 10.1 Å². The van der Waals surface area contributed by atoms with Crippen LogP contribution >= 0.6 is 11.3 Å². The highest BCUT2D eigenvalue weighted by Gasteiger charge is 2.29. The van der Waals surface area contributed by atoms with Crippen molar-refractivity contribution in [3.8, 4) is 11.5 Å². The average molecular weight is 466 g/mol. The molecule has 0 saturated heterocycles. The van der Waals surface area contributed by atoms with Crippen molar-refractivity contribution in [3.63, 3.8) is 0 Å². The van der Waals surface area contributed by atoms with Crippen LogP contribution < -0.4 is 14.5 Å². The largest absolute Gasteiger partial charge is 0.454 e. The van der Waals surface area contributed by atoms with Gasteiger partial charge >= 0.3 is 0 Å². The van der Waals surface area contributed by atoms with E-state index in [4.69, 9.17) is 14.6 Å². The average Bonchev–Trinajstić information content (AvgIpc) is 3.40. The van der Waals surface area contributed by atoms with E-state index in [0.29, 0.717) is 23.4 Å². The van der Waals surface area contributed by atoms with Gasteiger partial charge < -0.3 is 9.47 Å². The van der Waals surface area contributed by atoms with Crippen LogP contribution in [0.15, 0.2) is 35.4 Å². The molecule has 2 aliphatic rings. The summed E-state index contributed by atoms with van der Waals surface area (Å²) in [5, 5.41) is 28.8. The van der Waals surface area contributed by atoms with Gasteiger partial charge in [-0.1, -0.05) is 18.3 Å². The number of hydrazone groups is 1. The molecule has 0 saturated carbocycles. The van der Waals surface area contributed by atoms with Crippen molar-refractivity contribution >= 4 is 27.9 Å². The Morgan fingerprint density at radius 2 is 2.00 bits per heavy atom. The molecular weight excluding hydrogens is 442 g/mol. The number of hydrogen-bond acceptors (Lipinski definition) is 9. The second-order valence-electron chi connectivity index (χ2n) is 8.20. The number of aryl methyl sites for hydroxylation is 2. The first-order valence-electron chi connectivity index (χ1n) is 10.8. The summed E-state index contributed by atoms with van der Waals surface area (Å²) < 4.78 is 11.2. The van der Waals surface area contributed by atoms with Crippen LogP contribution in [-0.4, -0.2) is 33.7 Å². The predicted molar refractivity (Wildman–Crippen MR) is 126 cm³/mol. The third-order valence-corrected chi connectivity index (χ3v) is 6.75. The Kier molecular flexibility index (Phi) is 5.45. The number of anilines is 1. The number of nitro benzene ring substituents is 1. The van der Waals surface area contributed by atoms with E-state index in [1.54, 1.807) is 24.3 Å². The van der Waals surface area contributed by atoms with Crippen LogP contribution in [0, 0.1) is 17.0 Å². The fourth-order valence-electron chi connectivity index (χ4n) is 4.14. The molecule has 170 valence electrons. The Hall–Kier alpha value is -3.53. The number of ether oxygens (including phenoxy) is 2. The standard InChI is InChI=1S/C23H23N5O4S/c1-4-5-21-24-25-23(33-21)27-14(3)9-16-10-19-20(32-12-31-19)11-17(16)22(26-27)15-6-7-18(28(29)30)13(2)8-15/h6-8,10-11,14H,4-5,9,12H2,1-3H3/t14-/m1/s1. The maximum absolute atomic E-state index is 11.3. The van der Waals surface area contributed by atoms with Crippen molar-refractivity contribution in [2.45, 2.75) is 46.1 Å². The van der Waals surface area contributed by atoms with E-state index < -0.39 is 0 Å². The lowest BCUT2D eigenvalue weighted by molar-refractivity contribution is -0.385. The Labute approximate surface area is 194 Å². The molecule has 0 aliphatic carbocycles. The first kappa shape index (κ1) is 21.3. The Morgan fingerprint density at radius 1 is 1.21 bits per heavy atom. The third-order valence-electron chi connectivity index (χ3n) is 5.78. The van der Waals surface area contributed by atoms with Gasteiger partial charge in [-0.3, -0.25) is 10.1 Å². The van der Waals surface area contributed by atoms with Gasteiger partial charge in [0.05, 0.1) is 16.7 Å². The normalized spacial score (nSPS) is 16.9. The predicted octanol–water partition coefficient (Wildman–Crippen LogP) is 4.64. The molecule has 0 radical (unpaired) electrons. The van der Waals surface area contributed by atoms with Gasteiger partial charge in [-0.15, -0.1) is 10.2 Å². The van der Waals surface area contributed by atoms with Crippen molar-refractivity contribution in [3.05, 3.63) is 67.7 Å². The topological polar surface area (TPSA) is 103 Å². The summed E-state index contributed by atoms with van der Waals surface area (Å²) in [6.45, 7) is 6.14. The SMILES string of the molecule is CCCc1nnc(N2N=C(c3ccc([N+](=O)[O-])c(C)c3)c3cc4c(cc3C[C@H]2C)OCO4)s1. The van der Waals surface area contributed by atoms with E-state index in [1.807, 2.05) is 23.2 Å². The highest BCUT2D eigenvalue weighted by atomic mass is 32.1. The van der Waals surface area contributed by atoms with Gasteiger partial charge in [-0.2, -0.15) is 5.10 Å². The van der Waals surface area contributed by atoms with Crippen LogP contribution in [0.1, 0.15) is 47.5 Å². The van der Waals surface area contributed by atoms with Crippen LogP contribution in [0.4, 0.5) is 10.8 Å². The lowest BCUT2D eigenvalue weighted by atomic mass is 9.93. The summed E-state index contributed by atoms with van der Waals surface area (Å²) in [6.07, 6.45) is 2.59. The van der Waals surface area contributed by atoms with Crippen molar-refractivity contribution in [1.82, 2.24) is 10.2 Å². The van der Waals surface area contributed by atoms with Gasteiger partial charge in [0.25, 0.3) is 5.69 Å². The van der Waals surface area contributed by atoms with E-state index in [0.717, 1.165) is 45.4 Å². The van der Waals surface area contributed by atoms with Crippen molar-refractivity contribution in [2.75, 3.05) is 11.8 Å². The smallest absolute Gasteiger partial charge is 0.272 e. The highest BCUT2D eigenvalue weighted by molar-refractivity contribution is 7.15. The minimum Gasteiger partial charge on any atom is -0.454 e. The second kappa shape index (κ2) is 8.43. The second-order valence-corrected chi connectivity index (χ2v) is 9.24. The Morgan fingerprint density at radius 3 is 2.73 bits per heavy atom. The van der Waals surface area contributed by atoms with Gasteiger partial charge in [-0.25, -0.2) is 5.01 Å². The minimum absolute atomic E-state index is 0.0168. The molecule has 0 bridgehead atoms. The van der Waals surface area contributed by atoms with Crippen LogP contribution in [0.2, 0.25) is 0 Å². The summed E-state index contributed by atoms with van der Waals surface area (Å²) >= 11 is 1.54. The number of nitro groups is 1. The molecule has 3 heterocycles. The van der Waals surface area contributed by atoms with Gasteiger partial charge in [0, 0.05) is 29.2 Å². The zero-order chi connectivity index (χ0) is 23.1.